The maximum Gasteiger partial charge on any atom is 0.225 e. The van der Waals surface area contributed by atoms with E-state index in [1.165, 1.54) is 0 Å². The summed E-state index contributed by atoms with van der Waals surface area (Å²) in [5.74, 6) is 1.42. The van der Waals surface area contributed by atoms with Crippen molar-refractivity contribution < 1.29 is 0 Å². The van der Waals surface area contributed by atoms with Crippen LogP contribution in [0.3, 0.4) is 0 Å². The van der Waals surface area contributed by atoms with E-state index in [2.05, 4.69) is 20.0 Å². The standard InChI is InChI=1S/C13H18N6/c1-10-2-6-15-13(16-10)18-7-3-11(4-8-18)19-9-5-12(14)17-19/h2,5-6,9,11H,3-4,7-8H2,1H3,(H2,14,17). The van der Waals surface area contributed by atoms with Crippen molar-refractivity contribution in [2.24, 2.45) is 0 Å². The Morgan fingerprint density at radius 1 is 1.26 bits per heavy atom. The van der Waals surface area contributed by atoms with Crippen molar-refractivity contribution in [3.8, 4) is 0 Å². The molecule has 0 spiro atoms. The molecule has 100 valence electrons. The van der Waals surface area contributed by atoms with Gasteiger partial charge in [0.2, 0.25) is 5.95 Å². The molecule has 0 bridgehead atoms. The van der Waals surface area contributed by atoms with Crippen LogP contribution in [0.1, 0.15) is 24.6 Å². The van der Waals surface area contributed by atoms with E-state index in [1.807, 2.05) is 36.1 Å². The van der Waals surface area contributed by atoms with Crippen molar-refractivity contribution in [3.63, 3.8) is 0 Å². The molecule has 6 heteroatoms. The van der Waals surface area contributed by atoms with Crippen LogP contribution >= 0.6 is 0 Å². The molecule has 2 aromatic heterocycles. The molecule has 2 aromatic rings. The van der Waals surface area contributed by atoms with Crippen molar-refractivity contribution in [1.82, 2.24) is 19.7 Å². The Labute approximate surface area is 112 Å². The smallest absolute Gasteiger partial charge is 0.225 e. The first kappa shape index (κ1) is 12.0. The number of nitrogen functional groups attached to an aromatic ring is 1. The minimum atomic E-state index is 0.429. The Balaban J connectivity index is 1.66. The van der Waals surface area contributed by atoms with Gasteiger partial charge in [0.1, 0.15) is 5.82 Å². The lowest BCUT2D eigenvalue weighted by atomic mass is 10.1. The van der Waals surface area contributed by atoms with E-state index in [9.17, 15) is 0 Å². The van der Waals surface area contributed by atoms with Gasteiger partial charge >= 0.3 is 0 Å². The Morgan fingerprint density at radius 2 is 2.05 bits per heavy atom. The normalized spacial score (nSPS) is 16.8. The molecule has 1 saturated heterocycles. The average molecular weight is 258 g/mol. The zero-order valence-electron chi connectivity index (χ0n) is 11.0. The highest BCUT2D eigenvalue weighted by Crippen LogP contribution is 2.24. The Hall–Kier alpha value is -2.11. The second-order valence-electron chi connectivity index (χ2n) is 4.94. The molecule has 1 aliphatic heterocycles. The highest BCUT2D eigenvalue weighted by Gasteiger charge is 2.22. The summed E-state index contributed by atoms with van der Waals surface area (Å²) >= 11 is 0. The lowest BCUT2D eigenvalue weighted by molar-refractivity contribution is 0.365. The Bertz CT molecular complexity index is 556. The molecule has 19 heavy (non-hydrogen) atoms. The SMILES string of the molecule is Cc1ccnc(N2CCC(n3ccc(N)n3)CC2)n1. The van der Waals surface area contributed by atoms with Crippen LogP contribution in [-0.2, 0) is 0 Å². The van der Waals surface area contributed by atoms with Crippen LogP contribution < -0.4 is 10.6 Å². The second-order valence-corrected chi connectivity index (χ2v) is 4.94. The van der Waals surface area contributed by atoms with Crippen LogP contribution in [0.5, 0.6) is 0 Å². The maximum absolute atomic E-state index is 5.66. The van der Waals surface area contributed by atoms with Crippen LogP contribution in [0.15, 0.2) is 24.5 Å². The number of rotatable bonds is 2. The summed E-state index contributed by atoms with van der Waals surface area (Å²) in [6.07, 6.45) is 5.85. The van der Waals surface area contributed by atoms with E-state index in [0.29, 0.717) is 11.9 Å². The molecule has 0 saturated carbocycles. The second kappa shape index (κ2) is 4.87. The summed E-state index contributed by atoms with van der Waals surface area (Å²) in [7, 11) is 0. The average Bonchev–Trinajstić information content (AvgIpc) is 2.86. The van der Waals surface area contributed by atoms with Gasteiger partial charge in [-0.05, 0) is 31.9 Å². The van der Waals surface area contributed by atoms with E-state index in [1.54, 1.807) is 0 Å². The first-order valence-electron chi connectivity index (χ1n) is 6.57. The molecule has 0 unspecified atom stereocenters. The third-order valence-electron chi connectivity index (χ3n) is 3.53. The minimum Gasteiger partial charge on any atom is -0.382 e. The Kier molecular flexibility index (Phi) is 3.06. The predicted molar refractivity (Wildman–Crippen MR) is 73.9 cm³/mol. The molecule has 0 aromatic carbocycles. The van der Waals surface area contributed by atoms with Crippen molar-refractivity contribution >= 4 is 11.8 Å². The van der Waals surface area contributed by atoms with Gasteiger partial charge in [0.05, 0.1) is 6.04 Å². The monoisotopic (exact) mass is 258 g/mol. The molecule has 1 fully saturated rings. The predicted octanol–water partition coefficient (Wildman–Crippen LogP) is 1.41. The molecule has 0 radical (unpaired) electrons. The topological polar surface area (TPSA) is 72.9 Å². The molecule has 0 amide bonds. The third-order valence-corrected chi connectivity index (χ3v) is 3.53. The molecular formula is C13H18N6. The first-order valence-corrected chi connectivity index (χ1v) is 6.57. The van der Waals surface area contributed by atoms with Crippen molar-refractivity contribution in [2.75, 3.05) is 23.7 Å². The van der Waals surface area contributed by atoms with Gasteiger partial charge in [0, 0.05) is 31.2 Å². The van der Waals surface area contributed by atoms with Crippen LogP contribution in [0.4, 0.5) is 11.8 Å². The fraction of sp³-hybridized carbons (Fsp3) is 0.462. The highest BCUT2D eigenvalue weighted by molar-refractivity contribution is 5.31. The van der Waals surface area contributed by atoms with Crippen molar-refractivity contribution in [3.05, 3.63) is 30.2 Å². The van der Waals surface area contributed by atoms with Gasteiger partial charge in [-0.2, -0.15) is 5.10 Å². The van der Waals surface area contributed by atoms with E-state index in [-0.39, 0.29) is 0 Å². The molecule has 0 atom stereocenters. The summed E-state index contributed by atoms with van der Waals surface area (Å²) in [6, 6.07) is 4.19. The van der Waals surface area contributed by atoms with Gasteiger partial charge in [0.25, 0.3) is 0 Å². The highest BCUT2D eigenvalue weighted by atomic mass is 15.3. The zero-order chi connectivity index (χ0) is 13.2. The van der Waals surface area contributed by atoms with Crippen LogP contribution in [0.2, 0.25) is 0 Å². The first-order chi connectivity index (χ1) is 9.22. The van der Waals surface area contributed by atoms with Gasteiger partial charge in [-0.3, -0.25) is 4.68 Å². The third kappa shape index (κ3) is 2.52. The molecule has 6 nitrogen and oxygen atoms in total. The fourth-order valence-corrected chi connectivity index (χ4v) is 2.47. The zero-order valence-corrected chi connectivity index (χ0v) is 11.0. The summed E-state index contributed by atoms with van der Waals surface area (Å²) in [5, 5.41) is 4.29. The van der Waals surface area contributed by atoms with Gasteiger partial charge in [-0.1, -0.05) is 0 Å². The molecule has 3 rings (SSSR count). The quantitative estimate of drug-likeness (QED) is 0.881. The molecule has 1 aliphatic rings. The van der Waals surface area contributed by atoms with E-state index in [4.69, 9.17) is 5.73 Å². The number of hydrogen-bond acceptors (Lipinski definition) is 5. The molecule has 2 N–H and O–H groups in total. The van der Waals surface area contributed by atoms with Gasteiger partial charge in [-0.15, -0.1) is 0 Å². The van der Waals surface area contributed by atoms with Crippen LogP contribution in [0.25, 0.3) is 0 Å². The number of piperidine rings is 1. The van der Waals surface area contributed by atoms with E-state index in [0.717, 1.165) is 37.6 Å². The van der Waals surface area contributed by atoms with Gasteiger partial charge < -0.3 is 10.6 Å². The molecular weight excluding hydrogens is 240 g/mol. The number of aryl methyl sites for hydroxylation is 1. The lowest BCUT2D eigenvalue weighted by Gasteiger charge is -2.32. The summed E-state index contributed by atoms with van der Waals surface area (Å²) in [5.41, 5.74) is 6.66. The summed E-state index contributed by atoms with van der Waals surface area (Å²) in [6.45, 7) is 3.90. The minimum absolute atomic E-state index is 0.429. The Morgan fingerprint density at radius 3 is 2.68 bits per heavy atom. The number of nitrogens with zero attached hydrogens (tertiary/aromatic N) is 5. The molecule has 3 heterocycles. The van der Waals surface area contributed by atoms with Crippen LogP contribution in [-0.4, -0.2) is 32.8 Å². The van der Waals surface area contributed by atoms with Crippen molar-refractivity contribution in [2.45, 2.75) is 25.8 Å². The number of hydrogen-bond donors (Lipinski definition) is 1. The largest absolute Gasteiger partial charge is 0.382 e. The van der Waals surface area contributed by atoms with Gasteiger partial charge in [0.15, 0.2) is 0 Å². The summed E-state index contributed by atoms with van der Waals surface area (Å²) in [4.78, 5) is 11.0. The van der Waals surface area contributed by atoms with Gasteiger partial charge in [-0.25, -0.2) is 9.97 Å². The number of anilines is 2. The van der Waals surface area contributed by atoms with E-state index < -0.39 is 0 Å². The van der Waals surface area contributed by atoms with E-state index >= 15 is 0 Å². The number of aromatic nitrogens is 4. The van der Waals surface area contributed by atoms with Crippen LogP contribution in [0, 0.1) is 6.92 Å². The number of nitrogens with two attached hydrogens (primary N) is 1. The lowest BCUT2D eigenvalue weighted by Crippen LogP contribution is -2.36. The molecule has 0 aliphatic carbocycles. The summed E-state index contributed by atoms with van der Waals surface area (Å²) < 4.78 is 1.98. The van der Waals surface area contributed by atoms with Crippen molar-refractivity contribution in [1.29, 1.82) is 0 Å². The maximum atomic E-state index is 5.66. The fourth-order valence-electron chi connectivity index (χ4n) is 2.47.